The predicted molar refractivity (Wildman–Crippen MR) is 179 cm³/mol. The van der Waals surface area contributed by atoms with Crippen molar-refractivity contribution in [1.82, 2.24) is 0 Å². The van der Waals surface area contributed by atoms with Crippen molar-refractivity contribution in [2.75, 3.05) is 6.61 Å². The average molecular weight is 553 g/mol. The minimum Gasteiger partial charge on any atom is -0.493 e. The zero-order valence-electron chi connectivity index (χ0n) is 27.2. The van der Waals surface area contributed by atoms with Crippen LogP contribution in [0.3, 0.4) is 0 Å². The minimum absolute atomic E-state index is 0.408. The third kappa shape index (κ3) is 7.28. The van der Waals surface area contributed by atoms with Crippen molar-refractivity contribution in [2.45, 2.75) is 125 Å². The molecule has 0 aromatic heterocycles. The number of benzene rings is 3. The van der Waals surface area contributed by atoms with Gasteiger partial charge in [-0.3, -0.25) is 0 Å². The summed E-state index contributed by atoms with van der Waals surface area (Å²) >= 11 is 0. The lowest BCUT2D eigenvalue weighted by atomic mass is 9.77. The van der Waals surface area contributed by atoms with E-state index in [1.165, 1.54) is 89.5 Å². The SMILES string of the molecule is CCc1cc(-c2ccc(C3CCC(C)CC3)cc2)ccc1-c1cc(CC)c(OCCC(CC)(CC)CC)c(CC)c1. The van der Waals surface area contributed by atoms with Crippen LogP contribution >= 0.6 is 0 Å². The molecule has 4 rings (SSSR count). The van der Waals surface area contributed by atoms with Gasteiger partial charge in [0.25, 0.3) is 0 Å². The predicted octanol–water partition coefficient (Wildman–Crippen LogP) is 12.0. The summed E-state index contributed by atoms with van der Waals surface area (Å²) in [7, 11) is 0. The van der Waals surface area contributed by atoms with Gasteiger partial charge in [0.05, 0.1) is 6.61 Å². The van der Waals surface area contributed by atoms with E-state index >= 15 is 0 Å². The summed E-state index contributed by atoms with van der Waals surface area (Å²) in [6, 6.07) is 21.4. The molecule has 0 radical (unpaired) electrons. The van der Waals surface area contributed by atoms with Gasteiger partial charge in [-0.1, -0.05) is 123 Å². The fourth-order valence-electron chi connectivity index (χ4n) is 7.16. The van der Waals surface area contributed by atoms with Crippen molar-refractivity contribution < 1.29 is 4.74 Å². The van der Waals surface area contributed by atoms with E-state index in [1.807, 2.05) is 0 Å². The summed E-state index contributed by atoms with van der Waals surface area (Å²) in [6.45, 7) is 17.0. The quantitative estimate of drug-likeness (QED) is 0.205. The van der Waals surface area contributed by atoms with Gasteiger partial charge in [0.2, 0.25) is 0 Å². The van der Waals surface area contributed by atoms with Gasteiger partial charge in [-0.15, -0.1) is 0 Å². The Bertz CT molecular complexity index is 1210. The van der Waals surface area contributed by atoms with Gasteiger partial charge in [0.1, 0.15) is 5.75 Å². The first-order valence-electron chi connectivity index (χ1n) is 16.9. The van der Waals surface area contributed by atoms with E-state index < -0.39 is 0 Å². The molecule has 1 nitrogen and oxygen atoms in total. The summed E-state index contributed by atoms with van der Waals surface area (Å²) in [5.74, 6) is 2.78. The number of ether oxygens (including phenoxy) is 1. The molecular formula is C40H56O. The molecule has 0 spiro atoms. The highest BCUT2D eigenvalue weighted by atomic mass is 16.5. The Morgan fingerprint density at radius 2 is 1.17 bits per heavy atom. The summed E-state index contributed by atoms with van der Waals surface area (Å²) in [5.41, 5.74) is 11.4. The van der Waals surface area contributed by atoms with Crippen LogP contribution in [0.1, 0.15) is 128 Å². The molecule has 41 heavy (non-hydrogen) atoms. The van der Waals surface area contributed by atoms with Crippen molar-refractivity contribution in [1.29, 1.82) is 0 Å². The van der Waals surface area contributed by atoms with E-state index in [9.17, 15) is 0 Å². The molecule has 1 heteroatoms. The van der Waals surface area contributed by atoms with Crippen molar-refractivity contribution >= 4 is 0 Å². The molecule has 0 atom stereocenters. The molecule has 0 aliphatic heterocycles. The fraction of sp³-hybridized carbons (Fsp3) is 0.550. The van der Waals surface area contributed by atoms with Gasteiger partial charge in [-0.2, -0.15) is 0 Å². The highest BCUT2D eigenvalue weighted by molar-refractivity contribution is 5.75. The highest BCUT2D eigenvalue weighted by Gasteiger charge is 2.24. The normalized spacial score (nSPS) is 17.5. The van der Waals surface area contributed by atoms with Crippen LogP contribution in [-0.2, 0) is 19.3 Å². The van der Waals surface area contributed by atoms with Crippen molar-refractivity contribution in [3.05, 3.63) is 76.9 Å². The van der Waals surface area contributed by atoms with Crippen LogP contribution in [0.5, 0.6) is 5.75 Å². The number of rotatable bonds is 13. The second kappa shape index (κ2) is 14.6. The standard InChI is InChI=1S/C40H56O/c1-8-30-26-36(35-20-18-34(19-21-35)33-16-14-29(7)15-17-33)22-23-38(30)37-27-31(9-2)39(32(10-3)28-37)41-25-24-40(11-4,12-5)13-6/h18-23,26-29,33H,8-17,24-25H2,1-7H3. The van der Waals surface area contributed by atoms with Crippen LogP contribution in [0.2, 0.25) is 0 Å². The number of hydrogen-bond acceptors (Lipinski definition) is 1. The van der Waals surface area contributed by atoms with E-state index in [0.717, 1.165) is 49.9 Å². The molecule has 3 aromatic carbocycles. The molecule has 0 heterocycles. The molecule has 0 bridgehead atoms. The summed E-state index contributed by atoms with van der Waals surface area (Å²) in [5, 5.41) is 0. The van der Waals surface area contributed by atoms with E-state index in [0.29, 0.717) is 5.41 Å². The maximum Gasteiger partial charge on any atom is 0.125 e. The molecule has 1 aliphatic carbocycles. The Hall–Kier alpha value is -2.54. The summed E-state index contributed by atoms with van der Waals surface area (Å²) < 4.78 is 6.59. The Morgan fingerprint density at radius 3 is 1.71 bits per heavy atom. The number of aryl methyl sites for hydroxylation is 3. The molecule has 3 aromatic rings. The Morgan fingerprint density at radius 1 is 0.634 bits per heavy atom. The van der Waals surface area contributed by atoms with Crippen molar-refractivity contribution in [3.63, 3.8) is 0 Å². The second-order valence-corrected chi connectivity index (χ2v) is 12.8. The van der Waals surface area contributed by atoms with Crippen molar-refractivity contribution in [2.24, 2.45) is 11.3 Å². The number of hydrogen-bond donors (Lipinski definition) is 0. The molecule has 0 N–H and O–H groups in total. The fourth-order valence-corrected chi connectivity index (χ4v) is 7.16. The van der Waals surface area contributed by atoms with E-state index in [1.54, 1.807) is 0 Å². The van der Waals surface area contributed by atoms with E-state index in [4.69, 9.17) is 4.74 Å². The van der Waals surface area contributed by atoms with Crippen LogP contribution in [0.15, 0.2) is 54.6 Å². The lowest BCUT2D eigenvalue weighted by Crippen LogP contribution is -2.21. The third-order valence-electron chi connectivity index (χ3n) is 10.7. The monoisotopic (exact) mass is 552 g/mol. The topological polar surface area (TPSA) is 9.23 Å². The summed E-state index contributed by atoms with van der Waals surface area (Å²) in [4.78, 5) is 0. The maximum atomic E-state index is 6.59. The van der Waals surface area contributed by atoms with Crippen molar-refractivity contribution in [3.8, 4) is 28.0 Å². The lowest BCUT2D eigenvalue weighted by molar-refractivity contribution is 0.172. The largest absolute Gasteiger partial charge is 0.493 e. The molecule has 1 fully saturated rings. The zero-order valence-corrected chi connectivity index (χ0v) is 27.2. The first kappa shape index (κ1) is 31.4. The van der Waals surface area contributed by atoms with E-state index in [-0.39, 0.29) is 0 Å². The summed E-state index contributed by atoms with van der Waals surface area (Å²) in [6.07, 6.45) is 13.2. The smallest absolute Gasteiger partial charge is 0.125 e. The molecule has 0 unspecified atom stereocenters. The molecule has 1 aliphatic rings. The van der Waals surface area contributed by atoms with Crippen LogP contribution < -0.4 is 4.74 Å². The van der Waals surface area contributed by atoms with Gasteiger partial charge in [0, 0.05) is 0 Å². The first-order chi connectivity index (χ1) is 19.9. The Balaban J connectivity index is 1.57. The van der Waals surface area contributed by atoms with E-state index in [2.05, 4.69) is 103 Å². The first-order valence-corrected chi connectivity index (χ1v) is 16.9. The van der Waals surface area contributed by atoms with Crippen LogP contribution in [-0.4, -0.2) is 6.61 Å². The second-order valence-electron chi connectivity index (χ2n) is 12.8. The van der Waals surface area contributed by atoms with Crippen LogP contribution in [0.25, 0.3) is 22.3 Å². The third-order valence-corrected chi connectivity index (χ3v) is 10.7. The molecule has 0 saturated heterocycles. The maximum absolute atomic E-state index is 6.59. The molecule has 0 amide bonds. The molecular weight excluding hydrogens is 496 g/mol. The average Bonchev–Trinajstić information content (AvgIpc) is 3.03. The Kier molecular flexibility index (Phi) is 11.2. The Labute approximate surface area is 252 Å². The molecule has 1 saturated carbocycles. The zero-order chi connectivity index (χ0) is 29.4. The van der Waals surface area contributed by atoms with Gasteiger partial charge in [-0.25, -0.2) is 0 Å². The molecule has 222 valence electrons. The van der Waals surface area contributed by atoms with Gasteiger partial charge in [0.15, 0.2) is 0 Å². The van der Waals surface area contributed by atoms with Gasteiger partial charge in [-0.05, 0) is 112 Å². The van der Waals surface area contributed by atoms with Crippen LogP contribution in [0, 0.1) is 11.3 Å². The minimum atomic E-state index is 0.408. The van der Waals surface area contributed by atoms with Crippen LogP contribution in [0.4, 0.5) is 0 Å². The van der Waals surface area contributed by atoms with Gasteiger partial charge < -0.3 is 4.74 Å². The lowest BCUT2D eigenvalue weighted by Gasteiger charge is -2.30. The highest BCUT2D eigenvalue weighted by Crippen LogP contribution is 2.39. The van der Waals surface area contributed by atoms with Gasteiger partial charge >= 0.3 is 0 Å².